The van der Waals surface area contributed by atoms with Gasteiger partial charge in [0, 0.05) is 37.0 Å². The minimum absolute atomic E-state index is 0.117. The molecule has 1 aromatic carbocycles. The van der Waals surface area contributed by atoms with E-state index < -0.39 is 5.54 Å². The molecule has 192 valence electrons. The van der Waals surface area contributed by atoms with Crippen LogP contribution in [0.4, 0.5) is 11.4 Å². The molecular formula is C27H28ClN5O4. The van der Waals surface area contributed by atoms with Crippen molar-refractivity contribution in [2.24, 2.45) is 0 Å². The highest BCUT2D eigenvalue weighted by Crippen LogP contribution is 2.43. The highest BCUT2D eigenvalue weighted by molar-refractivity contribution is 6.32. The first-order valence-corrected chi connectivity index (χ1v) is 12.4. The average Bonchev–Trinajstić information content (AvgIpc) is 3.26. The number of amides is 2. The van der Waals surface area contributed by atoms with Crippen LogP contribution in [0.5, 0.6) is 11.5 Å². The first kappa shape index (κ1) is 24.7. The third-order valence-corrected chi connectivity index (χ3v) is 7.25. The Bertz CT molecular complexity index is 1390. The number of nitrogens with zero attached hydrogens (tertiary/aromatic N) is 2. The third-order valence-electron chi connectivity index (χ3n) is 6.95. The summed E-state index contributed by atoms with van der Waals surface area (Å²) in [6, 6.07) is 7.21. The van der Waals surface area contributed by atoms with E-state index in [1.165, 1.54) is 6.08 Å². The van der Waals surface area contributed by atoms with Crippen LogP contribution in [0.2, 0.25) is 5.02 Å². The number of aromatic amines is 1. The molecule has 37 heavy (non-hydrogen) atoms. The number of H-pyrrole nitrogens is 1. The van der Waals surface area contributed by atoms with Crippen molar-refractivity contribution in [3.05, 3.63) is 65.6 Å². The lowest BCUT2D eigenvalue weighted by Crippen LogP contribution is -2.62. The van der Waals surface area contributed by atoms with Gasteiger partial charge in [0.1, 0.15) is 12.4 Å². The zero-order valence-electron chi connectivity index (χ0n) is 20.7. The maximum absolute atomic E-state index is 13.0. The fourth-order valence-corrected chi connectivity index (χ4v) is 5.08. The van der Waals surface area contributed by atoms with Crippen molar-refractivity contribution in [3.63, 3.8) is 0 Å². The van der Waals surface area contributed by atoms with Crippen molar-refractivity contribution in [3.8, 4) is 22.8 Å². The average molecular weight is 522 g/mol. The molecule has 0 spiro atoms. The number of likely N-dealkylation sites (tertiary alicyclic amines) is 1. The smallest absolute Gasteiger partial charge is 0.255 e. The number of halogens is 1. The molecule has 2 aliphatic rings. The SMILES string of the molecule is C=CC(=O)N1CC[C@@]1(C)COc1cnccc1-c1[nH]c2c(c1Nc1cccc(Cl)c1OC)C(=O)NCC2. The number of carbonyl (C=O) groups is 2. The molecule has 0 aliphatic carbocycles. The predicted molar refractivity (Wildman–Crippen MR) is 142 cm³/mol. The minimum Gasteiger partial charge on any atom is -0.493 e. The summed E-state index contributed by atoms with van der Waals surface area (Å²) in [5.74, 6) is 0.706. The molecule has 0 bridgehead atoms. The van der Waals surface area contributed by atoms with E-state index >= 15 is 0 Å². The van der Waals surface area contributed by atoms with Gasteiger partial charge in [-0.25, -0.2) is 0 Å². The Hall–Kier alpha value is -3.98. The maximum atomic E-state index is 13.0. The fraction of sp³-hybridized carbons (Fsp3) is 0.296. The Morgan fingerprint density at radius 3 is 2.95 bits per heavy atom. The zero-order chi connectivity index (χ0) is 26.2. The lowest BCUT2D eigenvalue weighted by atomic mass is 9.87. The van der Waals surface area contributed by atoms with E-state index in [2.05, 4.69) is 27.2 Å². The Kier molecular flexibility index (Phi) is 6.55. The van der Waals surface area contributed by atoms with Crippen molar-refractivity contribution < 1.29 is 19.1 Å². The van der Waals surface area contributed by atoms with Crippen molar-refractivity contribution in [1.82, 2.24) is 20.2 Å². The number of anilines is 2. The monoisotopic (exact) mass is 521 g/mol. The van der Waals surface area contributed by atoms with Gasteiger partial charge < -0.3 is 30.0 Å². The van der Waals surface area contributed by atoms with E-state index in [0.717, 1.165) is 17.7 Å². The standard InChI is InChI=1S/C27H28ClN5O4/c1-4-21(34)33-13-10-27(33,2)15-37-20-14-29-11-8-16(20)23-24(22-18(31-23)9-12-30-26(22)35)32-19-7-5-6-17(28)25(19)36-3/h4-8,11,14,31-32H,1,9-10,12-13,15H2,2-3H3,(H,30,35)/t27-/m0/s1. The number of hydrogen-bond donors (Lipinski definition) is 3. The number of benzene rings is 1. The van der Waals surface area contributed by atoms with Crippen LogP contribution >= 0.6 is 11.6 Å². The normalized spacial score (nSPS) is 18.4. The molecule has 0 radical (unpaired) electrons. The van der Waals surface area contributed by atoms with Crippen LogP contribution in [0.3, 0.4) is 0 Å². The van der Waals surface area contributed by atoms with Crippen molar-refractivity contribution >= 4 is 34.8 Å². The van der Waals surface area contributed by atoms with Crippen molar-refractivity contribution in [2.45, 2.75) is 25.3 Å². The molecule has 0 unspecified atom stereocenters. The highest BCUT2D eigenvalue weighted by atomic mass is 35.5. The molecule has 1 fully saturated rings. The van der Waals surface area contributed by atoms with Crippen LogP contribution in [0, 0.1) is 0 Å². The number of fused-ring (bicyclic) bond motifs is 1. The zero-order valence-corrected chi connectivity index (χ0v) is 21.4. The number of pyridine rings is 1. The van der Waals surface area contributed by atoms with E-state index in [1.54, 1.807) is 30.5 Å². The van der Waals surface area contributed by atoms with Crippen LogP contribution < -0.4 is 20.1 Å². The maximum Gasteiger partial charge on any atom is 0.255 e. The quantitative estimate of drug-likeness (QED) is 0.381. The lowest BCUT2D eigenvalue weighted by Gasteiger charge is -2.49. The molecule has 2 amide bonds. The highest BCUT2D eigenvalue weighted by Gasteiger charge is 2.43. The molecule has 9 nitrogen and oxygen atoms in total. The third kappa shape index (κ3) is 4.40. The van der Waals surface area contributed by atoms with Gasteiger partial charge >= 0.3 is 0 Å². The first-order chi connectivity index (χ1) is 17.9. The van der Waals surface area contributed by atoms with Crippen LogP contribution in [0.25, 0.3) is 11.3 Å². The summed E-state index contributed by atoms with van der Waals surface area (Å²) in [7, 11) is 1.54. The number of hydrogen-bond acceptors (Lipinski definition) is 6. The van der Waals surface area contributed by atoms with Crippen LogP contribution in [-0.2, 0) is 11.2 Å². The molecule has 0 saturated carbocycles. The summed E-state index contributed by atoms with van der Waals surface area (Å²) in [5, 5.41) is 6.75. The van der Waals surface area contributed by atoms with Gasteiger partial charge in [0.15, 0.2) is 5.75 Å². The summed E-state index contributed by atoms with van der Waals surface area (Å²) in [5.41, 5.74) is 3.52. The second-order valence-electron chi connectivity index (χ2n) is 9.28. The van der Waals surface area contributed by atoms with E-state index in [0.29, 0.717) is 58.7 Å². The summed E-state index contributed by atoms with van der Waals surface area (Å²) in [4.78, 5) is 34.6. The Morgan fingerprint density at radius 1 is 1.38 bits per heavy atom. The van der Waals surface area contributed by atoms with Gasteiger partial charge in [0.05, 0.1) is 46.5 Å². The molecule has 1 atom stereocenters. The minimum atomic E-state index is -0.442. The molecular weight excluding hydrogens is 494 g/mol. The molecule has 2 aliphatic heterocycles. The van der Waals surface area contributed by atoms with Gasteiger partial charge in [-0.3, -0.25) is 14.6 Å². The number of rotatable bonds is 8. The number of aromatic nitrogens is 2. The molecule has 10 heteroatoms. The summed E-state index contributed by atoms with van der Waals surface area (Å²) in [6.07, 6.45) is 6.11. The van der Waals surface area contributed by atoms with Crippen LogP contribution in [0.15, 0.2) is 49.3 Å². The Balaban J connectivity index is 1.54. The molecule has 1 saturated heterocycles. The lowest BCUT2D eigenvalue weighted by molar-refractivity contribution is -0.142. The van der Waals surface area contributed by atoms with Gasteiger partial charge in [-0.1, -0.05) is 24.2 Å². The van der Waals surface area contributed by atoms with E-state index in [-0.39, 0.29) is 18.4 Å². The van der Waals surface area contributed by atoms with E-state index in [9.17, 15) is 9.59 Å². The second kappa shape index (κ2) is 9.82. The van der Waals surface area contributed by atoms with Gasteiger partial charge in [0.2, 0.25) is 5.91 Å². The largest absolute Gasteiger partial charge is 0.493 e. The number of methoxy groups -OCH3 is 1. The second-order valence-corrected chi connectivity index (χ2v) is 9.69. The van der Waals surface area contributed by atoms with Gasteiger partial charge in [-0.15, -0.1) is 0 Å². The van der Waals surface area contributed by atoms with Crippen LogP contribution in [-0.4, -0.2) is 59.0 Å². The van der Waals surface area contributed by atoms with E-state index in [4.69, 9.17) is 21.1 Å². The van der Waals surface area contributed by atoms with Crippen molar-refractivity contribution in [1.29, 1.82) is 0 Å². The molecule has 4 heterocycles. The topological polar surface area (TPSA) is 109 Å². The van der Waals surface area contributed by atoms with Crippen LogP contribution in [0.1, 0.15) is 29.4 Å². The number of carbonyl (C=O) groups excluding carboxylic acids is 2. The summed E-state index contributed by atoms with van der Waals surface area (Å²) < 4.78 is 11.8. The van der Waals surface area contributed by atoms with Gasteiger partial charge in [-0.2, -0.15) is 0 Å². The number of ether oxygens (including phenoxy) is 2. The number of nitrogens with one attached hydrogen (secondary N) is 3. The molecule has 5 rings (SSSR count). The molecule has 2 aromatic heterocycles. The van der Waals surface area contributed by atoms with Crippen molar-refractivity contribution in [2.75, 3.05) is 32.1 Å². The van der Waals surface area contributed by atoms with Gasteiger partial charge in [-0.05, 0) is 37.6 Å². The van der Waals surface area contributed by atoms with E-state index in [1.807, 2.05) is 25.1 Å². The Labute approximate surface area is 219 Å². The molecule has 3 aromatic rings. The first-order valence-electron chi connectivity index (χ1n) is 12.0. The summed E-state index contributed by atoms with van der Waals surface area (Å²) in [6.45, 7) is 7.08. The van der Waals surface area contributed by atoms with Gasteiger partial charge in [0.25, 0.3) is 5.91 Å². The molecule has 3 N–H and O–H groups in total. The fourth-order valence-electron chi connectivity index (χ4n) is 4.83. The number of para-hydroxylation sites is 1. The summed E-state index contributed by atoms with van der Waals surface area (Å²) >= 11 is 6.36. The Morgan fingerprint density at radius 2 is 2.22 bits per heavy atom. The predicted octanol–water partition coefficient (Wildman–Crippen LogP) is 4.32.